The third-order valence-corrected chi connectivity index (χ3v) is 3.75. The van der Waals surface area contributed by atoms with E-state index in [9.17, 15) is 0 Å². The van der Waals surface area contributed by atoms with Crippen LogP contribution >= 0.6 is 0 Å². The minimum atomic E-state index is 0.188. The van der Waals surface area contributed by atoms with Gasteiger partial charge in [0, 0.05) is 6.04 Å². The minimum absolute atomic E-state index is 0.188. The summed E-state index contributed by atoms with van der Waals surface area (Å²) in [5.74, 6) is 0.975. The van der Waals surface area contributed by atoms with Gasteiger partial charge in [-0.3, -0.25) is 0 Å². The summed E-state index contributed by atoms with van der Waals surface area (Å²) in [7, 11) is 0. The zero-order chi connectivity index (χ0) is 12.5. The normalized spacial score (nSPS) is 18.1. The Bertz CT molecular complexity index is 371. The van der Waals surface area contributed by atoms with Gasteiger partial charge in [0.2, 0.25) is 0 Å². The van der Waals surface area contributed by atoms with E-state index < -0.39 is 0 Å². The molecule has 1 fully saturated rings. The van der Waals surface area contributed by atoms with E-state index >= 15 is 0 Å². The summed E-state index contributed by atoms with van der Waals surface area (Å²) in [5.41, 5.74) is 9.31. The van der Waals surface area contributed by atoms with Crippen molar-refractivity contribution < 1.29 is 0 Å². The Balaban J connectivity index is 2.12. The summed E-state index contributed by atoms with van der Waals surface area (Å²) in [4.78, 5) is 0. The Kier molecular flexibility index (Phi) is 3.58. The smallest absolute Gasteiger partial charge is 0.0297 e. The van der Waals surface area contributed by atoms with Gasteiger partial charge >= 0.3 is 0 Å². The maximum absolute atomic E-state index is 6.37. The lowest BCUT2D eigenvalue weighted by atomic mass is 9.81. The van der Waals surface area contributed by atoms with Crippen LogP contribution in [0.2, 0.25) is 0 Å². The quantitative estimate of drug-likeness (QED) is 0.826. The molecule has 0 aromatic heterocycles. The molecule has 94 valence electrons. The second-order valence-electron chi connectivity index (χ2n) is 6.46. The second kappa shape index (κ2) is 4.81. The van der Waals surface area contributed by atoms with Crippen LogP contribution in [0.15, 0.2) is 24.3 Å². The number of rotatable bonds is 4. The monoisotopic (exact) mass is 231 g/mol. The van der Waals surface area contributed by atoms with Crippen molar-refractivity contribution in [1.82, 2.24) is 0 Å². The SMILES string of the molecule is CC(C)(C)c1ccccc1C(N)CCC1CC1. The highest BCUT2D eigenvalue weighted by Crippen LogP contribution is 2.37. The van der Waals surface area contributed by atoms with Crippen molar-refractivity contribution >= 4 is 0 Å². The van der Waals surface area contributed by atoms with E-state index in [0.717, 1.165) is 12.3 Å². The number of hydrogen-bond donors (Lipinski definition) is 1. The van der Waals surface area contributed by atoms with E-state index in [0.29, 0.717) is 0 Å². The van der Waals surface area contributed by atoms with Gasteiger partial charge in [-0.15, -0.1) is 0 Å². The molecule has 2 N–H and O–H groups in total. The summed E-state index contributed by atoms with van der Waals surface area (Å²) in [6.45, 7) is 6.79. The molecule has 1 saturated carbocycles. The lowest BCUT2D eigenvalue weighted by molar-refractivity contribution is 0.538. The van der Waals surface area contributed by atoms with E-state index in [1.165, 1.54) is 30.4 Å². The summed E-state index contributed by atoms with van der Waals surface area (Å²) < 4.78 is 0. The van der Waals surface area contributed by atoms with E-state index in [-0.39, 0.29) is 11.5 Å². The Morgan fingerprint density at radius 3 is 2.47 bits per heavy atom. The van der Waals surface area contributed by atoms with E-state index in [4.69, 9.17) is 5.73 Å². The first-order valence-electron chi connectivity index (χ1n) is 6.83. The van der Waals surface area contributed by atoms with Crippen LogP contribution in [0.3, 0.4) is 0 Å². The summed E-state index contributed by atoms with van der Waals surface area (Å²) in [6.07, 6.45) is 5.29. The molecule has 2 rings (SSSR count). The fraction of sp³-hybridized carbons (Fsp3) is 0.625. The largest absolute Gasteiger partial charge is 0.324 e. The maximum atomic E-state index is 6.37. The summed E-state index contributed by atoms with van der Waals surface area (Å²) in [6, 6.07) is 8.88. The molecule has 1 nitrogen and oxygen atoms in total. The molecule has 17 heavy (non-hydrogen) atoms. The van der Waals surface area contributed by atoms with E-state index in [1.807, 2.05) is 0 Å². The third-order valence-electron chi connectivity index (χ3n) is 3.75. The number of benzene rings is 1. The van der Waals surface area contributed by atoms with Gasteiger partial charge < -0.3 is 5.73 Å². The molecule has 0 heterocycles. The van der Waals surface area contributed by atoms with Crippen LogP contribution in [0, 0.1) is 5.92 Å². The average Bonchev–Trinajstić information content (AvgIpc) is 3.08. The van der Waals surface area contributed by atoms with Crippen LogP contribution in [0.5, 0.6) is 0 Å². The van der Waals surface area contributed by atoms with Gasteiger partial charge in [-0.1, -0.05) is 57.9 Å². The molecule has 0 spiro atoms. The Morgan fingerprint density at radius 1 is 1.24 bits per heavy atom. The molecule has 1 aliphatic rings. The molecular weight excluding hydrogens is 206 g/mol. The van der Waals surface area contributed by atoms with Crippen molar-refractivity contribution in [3.05, 3.63) is 35.4 Å². The predicted molar refractivity (Wildman–Crippen MR) is 74.0 cm³/mol. The molecule has 1 aromatic rings. The molecule has 0 aliphatic heterocycles. The first-order chi connectivity index (χ1) is 7.98. The van der Waals surface area contributed by atoms with Gasteiger partial charge in [-0.05, 0) is 35.3 Å². The molecule has 0 amide bonds. The molecule has 0 bridgehead atoms. The fourth-order valence-corrected chi connectivity index (χ4v) is 2.48. The zero-order valence-corrected chi connectivity index (χ0v) is 11.4. The molecule has 0 radical (unpaired) electrons. The first-order valence-corrected chi connectivity index (χ1v) is 6.83. The molecular formula is C16H25N. The average molecular weight is 231 g/mol. The van der Waals surface area contributed by atoms with Gasteiger partial charge in [0.15, 0.2) is 0 Å². The fourth-order valence-electron chi connectivity index (χ4n) is 2.48. The summed E-state index contributed by atoms with van der Waals surface area (Å²) >= 11 is 0. The van der Waals surface area contributed by atoms with Crippen molar-refractivity contribution in [2.45, 2.75) is 57.9 Å². The number of nitrogens with two attached hydrogens (primary N) is 1. The van der Waals surface area contributed by atoms with Crippen molar-refractivity contribution in [2.75, 3.05) is 0 Å². The standard InChI is InChI=1S/C16H25N/c1-16(2,3)14-7-5-4-6-13(14)15(17)11-10-12-8-9-12/h4-7,12,15H,8-11,17H2,1-3H3. The second-order valence-corrected chi connectivity index (χ2v) is 6.46. The third kappa shape index (κ3) is 3.32. The van der Waals surface area contributed by atoms with Gasteiger partial charge in [-0.25, -0.2) is 0 Å². The van der Waals surface area contributed by atoms with Gasteiger partial charge in [0.25, 0.3) is 0 Å². The van der Waals surface area contributed by atoms with Crippen molar-refractivity contribution in [2.24, 2.45) is 11.7 Å². The van der Waals surface area contributed by atoms with E-state index in [2.05, 4.69) is 45.0 Å². The maximum Gasteiger partial charge on any atom is 0.0297 e. The minimum Gasteiger partial charge on any atom is -0.324 e. The lowest BCUT2D eigenvalue weighted by Gasteiger charge is -2.25. The summed E-state index contributed by atoms with van der Waals surface area (Å²) in [5, 5.41) is 0. The molecule has 1 aliphatic carbocycles. The van der Waals surface area contributed by atoms with Crippen molar-refractivity contribution in [3.8, 4) is 0 Å². The first kappa shape index (κ1) is 12.6. The van der Waals surface area contributed by atoms with Crippen LogP contribution in [0.25, 0.3) is 0 Å². The highest BCUT2D eigenvalue weighted by molar-refractivity contribution is 5.35. The van der Waals surface area contributed by atoms with Crippen LogP contribution < -0.4 is 5.73 Å². The predicted octanol–water partition coefficient (Wildman–Crippen LogP) is 4.17. The Morgan fingerprint density at radius 2 is 1.88 bits per heavy atom. The van der Waals surface area contributed by atoms with Crippen molar-refractivity contribution in [3.63, 3.8) is 0 Å². The molecule has 1 heteroatoms. The van der Waals surface area contributed by atoms with Gasteiger partial charge in [0.05, 0.1) is 0 Å². The van der Waals surface area contributed by atoms with E-state index in [1.54, 1.807) is 0 Å². The van der Waals surface area contributed by atoms with Crippen LogP contribution in [0.1, 0.15) is 63.6 Å². The zero-order valence-electron chi connectivity index (χ0n) is 11.4. The van der Waals surface area contributed by atoms with Gasteiger partial charge in [-0.2, -0.15) is 0 Å². The molecule has 1 unspecified atom stereocenters. The lowest BCUT2D eigenvalue weighted by Crippen LogP contribution is -2.20. The molecule has 1 aromatic carbocycles. The van der Waals surface area contributed by atoms with Crippen LogP contribution in [0.4, 0.5) is 0 Å². The van der Waals surface area contributed by atoms with Crippen molar-refractivity contribution in [1.29, 1.82) is 0 Å². The number of hydrogen-bond acceptors (Lipinski definition) is 1. The topological polar surface area (TPSA) is 26.0 Å². The Hall–Kier alpha value is -0.820. The Labute approximate surface area is 105 Å². The molecule has 1 atom stereocenters. The molecule has 0 saturated heterocycles. The highest BCUT2D eigenvalue weighted by Gasteiger charge is 2.24. The highest BCUT2D eigenvalue weighted by atomic mass is 14.6. The van der Waals surface area contributed by atoms with Crippen LogP contribution in [-0.4, -0.2) is 0 Å². The van der Waals surface area contributed by atoms with Crippen LogP contribution in [-0.2, 0) is 5.41 Å². The van der Waals surface area contributed by atoms with Gasteiger partial charge in [0.1, 0.15) is 0 Å².